The summed E-state index contributed by atoms with van der Waals surface area (Å²) in [5.74, 6) is -0.201. The van der Waals surface area contributed by atoms with Gasteiger partial charge in [-0.1, -0.05) is 11.6 Å². The second-order valence-corrected chi connectivity index (χ2v) is 5.71. The minimum atomic E-state index is -0.348. The molecule has 2 rings (SSSR count). The highest BCUT2D eigenvalue weighted by molar-refractivity contribution is 9.10. The molecule has 1 aromatic rings. The van der Waals surface area contributed by atoms with Gasteiger partial charge in [0, 0.05) is 17.2 Å². The van der Waals surface area contributed by atoms with Crippen molar-refractivity contribution in [2.45, 2.75) is 19.1 Å². The van der Waals surface area contributed by atoms with E-state index in [2.05, 4.69) is 20.9 Å². The first-order valence-corrected chi connectivity index (χ1v) is 7.04. The van der Waals surface area contributed by atoms with Gasteiger partial charge in [-0.25, -0.2) is 4.98 Å². The van der Waals surface area contributed by atoms with Crippen molar-refractivity contribution in [2.24, 2.45) is 0 Å². The van der Waals surface area contributed by atoms with Gasteiger partial charge in [0.1, 0.15) is 5.15 Å². The maximum absolute atomic E-state index is 12.5. The van der Waals surface area contributed by atoms with Gasteiger partial charge in [0.25, 0.3) is 5.91 Å². The Labute approximate surface area is 124 Å². The molecule has 0 aliphatic carbocycles. The molecule has 5 nitrogen and oxygen atoms in total. The van der Waals surface area contributed by atoms with Gasteiger partial charge in [0.05, 0.1) is 30.9 Å². The van der Waals surface area contributed by atoms with Gasteiger partial charge >= 0.3 is 0 Å². The van der Waals surface area contributed by atoms with Gasteiger partial charge in [0.15, 0.2) is 0 Å². The van der Waals surface area contributed by atoms with E-state index in [1.165, 1.54) is 0 Å². The summed E-state index contributed by atoms with van der Waals surface area (Å²) in [4.78, 5) is 18.1. The van der Waals surface area contributed by atoms with Crippen molar-refractivity contribution in [1.82, 2.24) is 9.88 Å². The Morgan fingerprint density at radius 1 is 1.74 bits per heavy atom. The van der Waals surface area contributed by atoms with E-state index < -0.39 is 0 Å². The molecule has 0 saturated carbocycles. The van der Waals surface area contributed by atoms with Gasteiger partial charge in [0.2, 0.25) is 0 Å². The van der Waals surface area contributed by atoms with E-state index in [0.29, 0.717) is 23.2 Å². The molecule has 1 saturated heterocycles. The van der Waals surface area contributed by atoms with Crippen LogP contribution in [-0.2, 0) is 4.74 Å². The molecule has 2 atom stereocenters. The molecule has 2 unspecified atom stereocenters. The van der Waals surface area contributed by atoms with Crippen LogP contribution in [0.5, 0.6) is 0 Å². The predicted octanol–water partition coefficient (Wildman–Crippen LogP) is 1.72. The van der Waals surface area contributed by atoms with Crippen LogP contribution in [0.3, 0.4) is 0 Å². The van der Waals surface area contributed by atoms with Crippen LogP contribution in [0.15, 0.2) is 16.7 Å². The number of amides is 1. The first kappa shape index (κ1) is 14.7. The van der Waals surface area contributed by atoms with Crippen molar-refractivity contribution in [3.8, 4) is 0 Å². The fourth-order valence-corrected chi connectivity index (χ4v) is 2.45. The van der Waals surface area contributed by atoms with Crippen molar-refractivity contribution in [2.75, 3.05) is 19.8 Å². The highest BCUT2D eigenvalue weighted by Crippen LogP contribution is 2.22. The molecule has 104 valence electrons. The average molecular weight is 350 g/mol. The van der Waals surface area contributed by atoms with Gasteiger partial charge in [-0.3, -0.25) is 4.79 Å². The number of ether oxygens (including phenoxy) is 1. The summed E-state index contributed by atoms with van der Waals surface area (Å²) < 4.78 is 6.10. The number of pyridine rings is 1. The van der Waals surface area contributed by atoms with Gasteiger partial charge in [-0.15, -0.1) is 0 Å². The first-order chi connectivity index (χ1) is 9.02. The van der Waals surface area contributed by atoms with E-state index in [4.69, 9.17) is 21.4 Å². The molecule has 19 heavy (non-hydrogen) atoms. The zero-order valence-electron chi connectivity index (χ0n) is 10.3. The Morgan fingerprint density at radius 2 is 2.47 bits per heavy atom. The molecule has 1 amide bonds. The van der Waals surface area contributed by atoms with Crippen LogP contribution < -0.4 is 0 Å². The van der Waals surface area contributed by atoms with E-state index in [-0.39, 0.29) is 29.8 Å². The second-order valence-electron chi connectivity index (χ2n) is 4.44. The van der Waals surface area contributed by atoms with E-state index in [1.54, 1.807) is 17.2 Å². The molecule has 0 aromatic carbocycles. The smallest absolute Gasteiger partial charge is 0.257 e. The van der Waals surface area contributed by atoms with Crippen LogP contribution in [0.2, 0.25) is 5.15 Å². The van der Waals surface area contributed by atoms with Crippen molar-refractivity contribution >= 4 is 33.4 Å². The van der Waals surface area contributed by atoms with E-state index >= 15 is 0 Å². The van der Waals surface area contributed by atoms with Crippen LogP contribution in [-0.4, -0.2) is 52.8 Å². The molecule has 0 bridgehead atoms. The topological polar surface area (TPSA) is 62.7 Å². The number of rotatable bonds is 2. The largest absolute Gasteiger partial charge is 0.394 e. The van der Waals surface area contributed by atoms with Crippen LogP contribution >= 0.6 is 27.5 Å². The third-order valence-corrected chi connectivity index (χ3v) is 3.74. The van der Waals surface area contributed by atoms with Gasteiger partial charge < -0.3 is 14.7 Å². The Hall–Kier alpha value is -0.690. The SMILES string of the molecule is CC1COC(CO)CN1C(=O)c1cc(Br)cnc1Cl. The summed E-state index contributed by atoms with van der Waals surface area (Å²) >= 11 is 9.24. The molecule has 1 fully saturated rings. The molecule has 0 radical (unpaired) electrons. The highest BCUT2D eigenvalue weighted by atomic mass is 79.9. The number of halogens is 2. The third kappa shape index (κ3) is 3.25. The van der Waals surface area contributed by atoms with E-state index in [0.717, 1.165) is 0 Å². The molecule has 1 N–H and O–H groups in total. The second kappa shape index (κ2) is 6.17. The lowest BCUT2D eigenvalue weighted by Gasteiger charge is -2.37. The van der Waals surface area contributed by atoms with Crippen LogP contribution in [0.25, 0.3) is 0 Å². The quantitative estimate of drug-likeness (QED) is 0.826. The number of hydrogen-bond acceptors (Lipinski definition) is 4. The number of aliphatic hydroxyl groups is 1. The number of carbonyl (C=O) groups excluding carboxylic acids is 1. The van der Waals surface area contributed by atoms with Crippen molar-refractivity contribution in [3.05, 3.63) is 27.5 Å². The first-order valence-electron chi connectivity index (χ1n) is 5.87. The Kier molecular flexibility index (Phi) is 4.78. The predicted molar refractivity (Wildman–Crippen MR) is 74.3 cm³/mol. The van der Waals surface area contributed by atoms with E-state index in [9.17, 15) is 4.79 Å². The Morgan fingerprint density at radius 3 is 3.16 bits per heavy atom. The summed E-state index contributed by atoms with van der Waals surface area (Å²) in [7, 11) is 0. The lowest BCUT2D eigenvalue weighted by molar-refractivity contribution is -0.0667. The molecule has 1 aliphatic heterocycles. The standard InChI is InChI=1S/C12H14BrClN2O3/c1-7-6-19-9(5-17)4-16(7)12(18)10-2-8(13)3-15-11(10)14/h2-3,7,9,17H,4-6H2,1H3. The fourth-order valence-electron chi connectivity index (χ4n) is 1.94. The molecule has 1 aromatic heterocycles. The number of aromatic nitrogens is 1. The average Bonchev–Trinajstić information content (AvgIpc) is 2.41. The molecular weight excluding hydrogens is 336 g/mol. The fraction of sp³-hybridized carbons (Fsp3) is 0.500. The minimum Gasteiger partial charge on any atom is -0.394 e. The van der Waals surface area contributed by atoms with Gasteiger partial charge in [-0.2, -0.15) is 0 Å². The summed E-state index contributed by atoms with van der Waals surface area (Å²) in [5.41, 5.74) is 0.349. The minimum absolute atomic E-state index is 0.0645. The van der Waals surface area contributed by atoms with Gasteiger partial charge in [-0.05, 0) is 28.9 Å². The Bertz CT molecular complexity index is 486. The molecule has 0 spiro atoms. The number of morpholine rings is 1. The maximum Gasteiger partial charge on any atom is 0.257 e. The number of nitrogens with zero attached hydrogens (tertiary/aromatic N) is 2. The zero-order valence-corrected chi connectivity index (χ0v) is 12.7. The Balaban J connectivity index is 2.24. The summed E-state index contributed by atoms with van der Waals surface area (Å²) in [6.07, 6.45) is 1.19. The molecular formula is C12H14BrClN2O3. The summed E-state index contributed by atoms with van der Waals surface area (Å²) in [5, 5.41) is 9.31. The maximum atomic E-state index is 12.5. The molecule has 2 heterocycles. The van der Waals surface area contributed by atoms with E-state index in [1.807, 2.05) is 6.92 Å². The van der Waals surface area contributed by atoms with Crippen LogP contribution in [0.4, 0.5) is 0 Å². The highest BCUT2D eigenvalue weighted by Gasteiger charge is 2.31. The summed E-state index contributed by atoms with van der Waals surface area (Å²) in [6.45, 7) is 2.53. The van der Waals surface area contributed by atoms with Crippen LogP contribution in [0, 0.1) is 0 Å². The van der Waals surface area contributed by atoms with Crippen molar-refractivity contribution in [1.29, 1.82) is 0 Å². The zero-order chi connectivity index (χ0) is 14.0. The van der Waals surface area contributed by atoms with Crippen LogP contribution in [0.1, 0.15) is 17.3 Å². The molecule has 1 aliphatic rings. The lowest BCUT2D eigenvalue weighted by Crippen LogP contribution is -2.52. The summed E-state index contributed by atoms with van der Waals surface area (Å²) in [6, 6.07) is 1.58. The lowest BCUT2D eigenvalue weighted by atomic mass is 10.1. The number of hydrogen-bond donors (Lipinski definition) is 1. The normalized spacial score (nSPS) is 23.5. The van der Waals surface area contributed by atoms with Crippen molar-refractivity contribution < 1.29 is 14.6 Å². The number of aliphatic hydroxyl groups excluding tert-OH is 1. The third-order valence-electron chi connectivity index (χ3n) is 3.01. The van der Waals surface area contributed by atoms with Crippen molar-refractivity contribution in [3.63, 3.8) is 0 Å². The molecule has 7 heteroatoms. The monoisotopic (exact) mass is 348 g/mol. The number of carbonyl (C=O) groups is 1.